The zero-order valence-electron chi connectivity index (χ0n) is 45.4. The van der Waals surface area contributed by atoms with Crippen LogP contribution in [0.2, 0.25) is 0 Å². The maximum atomic E-state index is 13.2. The SMILES string of the molecule is CCn1nc(C(F)(F)F)cc1-c1ccc2[nH]c(C3=CCOCC3)cc2c1.CCn1nc(C(F)(F)F)cc1-c1ccc2[nH]c(C3CCOCC3)cc2c1.CCn1nc(C(F)(F)F)cc1-c1ccc2c(c1)cc(OS(=O)(=O)C(F)(F)F)n2S(=O)(=O)C(F)(F)F. The molecule has 11 rings (SSSR count). The van der Waals surface area contributed by atoms with Gasteiger partial charge in [-0.05, 0) is 112 Å². The topological polar surface area (TPSA) is 186 Å². The number of hydrogen-bond acceptors (Lipinski definition) is 10. The Morgan fingerprint density at radius 2 is 1.00 bits per heavy atom. The molecule has 0 radical (unpaired) electrons. The van der Waals surface area contributed by atoms with Gasteiger partial charge in [0.05, 0.1) is 35.8 Å². The molecule has 0 aliphatic carbocycles. The van der Waals surface area contributed by atoms with Gasteiger partial charge in [0.25, 0.3) is 0 Å². The van der Waals surface area contributed by atoms with Gasteiger partial charge in [-0.2, -0.15) is 102 Å². The molecule has 1 fully saturated rings. The van der Waals surface area contributed by atoms with E-state index in [2.05, 4.69) is 41.6 Å². The number of hydrogen-bond donors (Lipinski definition) is 2. The zero-order valence-corrected chi connectivity index (χ0v) is 47.0. The van der Waals surface area contributed by atoms with Crippen molar-refractivity contribution < 1.29 is 96.3 Å². The van der Waals surface area contributed by atoms with Gasteiger partial charge in [0.2, 0.25) is 5.88 Å². The van der Waals surface area contributed by atoms with Gasteiger partial charge in [-0.15, -0.1) is 0 Å². The number of fused-ring (bicyclic) bond motifs is 3. The Labute approximate surface area is 483 Å². The van der Waals surface area contributed by atoms with E-state index in [1.807, 2.05) is 42.5 Å². The normalized spacial score (nSPS) is 15.2. The zero-order chi connectivity index (χ0) is 63.4. The van der Waals surface area contributed by atoms with Crippen molar-refractivity contribution in [1.29, 1.82) is 0 Å². The lowest BCUT2D eigenvalue weighted by Gasteiger charge is -2.20. The fourth-order valence-electron chi connectivity index (χ4n) is 9.76. The number of alkyl halides is 15. The second-order valence-corrected chi connectivity index (χ2v) is 22.9. The van der Waals surface area contributed by atoms with Gasteiger partial charge in [0.1, 0.15) is 0 Å². The molecule has 0 saturated carbocycles. The van der Waals surface area contributed by atoms with E-state index in [9.17, 15) is 82.7 Å². The van der Waals surface area contributed by atoms with Gasteiger partial charge in [-0.3, -0.25) is 14.0 Å². The van der Waals surface area contributed by atoms with Crippen LogP contribution in [0.1, 0.15) is 74.4 Å². The van der Waals surface area contributed by atoms with Crippen LogP contribution >= 0.6 is 0 Å². The van der Waals surface area contributed by atoms with Crippen LogP contribution in [0.5, 0.6) is 5.88 Å². The van der Waals surface area contributed by atoms with E-state index in [0.29, 0.717) is 61.3 Å². The predicted octanol–water partition coefficient (Wildman–Crippen LogP) is 14.3. The minimum absolute atomic E-state index is 0.106. The number of halogens is 15. The molecule has 0 atom stereocenters. The second kappa shape index (κ2) is 23.7. The molecule has 2 aliphatic rings. The van der Waals surface area contributed by atoms with E-state index >= 15 is 0 Å². The van der Waals surface area contributed by atoms with Crippen molar-refractivity contribution in [1.82, 2.24) is 43.3 Å². The Bertz CT molecular complexity index is 4250. The molecule has 0 unspecified atom stereocenters. The van der Waals surface area contributed by atoms with Crippen molar-refractivity contribution in [2.45, 2.75) is 95.1 Å². The van der Waals surface area contributed by atoms with E-state index in [-0.39, 0.29) is 23.9 Å². The highest BCUT2D eigenvalue weighted by Gasteiger charge is 2.53. The molecule has 2 aliphatic heterocycles. The maximum absolute atomic E-state index is 13.2. The predicted molar refractivity (Wildman–Crippen MR) is 286 cm³/mol. The largest absolute Gasteiger partial charge is 0.534 e. The lowest BCUT2D eigenvalue weighted by molar-refractivity contribution is -0.142. The van der Waals surface area contributed by atoms with E-state index in [1.165, 1.54) is 27.6 Å². The van der Waals surface area contributed by atoms with Gasteiger partial charge >= 0.3 is 49.7 Å². The lowest BCUT2D eigenvalue weighted by atomic mass is 9.96. The van der Waals surface area contributed by atoms with Gasteiger partial charge in [0, 0.05) is 100 Å². The molecule has 16 nitrogen and oxygen atoms in total. The van der Waals surface area contributed by atoms with Crippen molar-refractivity contribution in [2.75, 3.05) is 26.4 Å². The number of aromatic amines is 2. The molecule has 0 spiro atoms. The van der Waals surface area contributed by atoms with Crippen LogP contribution in [0.4, 0.5) is 65.9 Å². The van der Waals surface area contributed by atoms with Crippen molar-refractivity contribution in [2.24, 2.45) is 0 Å². The summed E-state index contributed by atoms with van der Waals surface area (Å²) < 4.78 is 259. The molecular weight excluding hydrogens is 1240 g/mol. The second-order valence-electron chi connectivity index (χ2n) is 19.6. The Balaban J connectivity index is 0.000000158. The number of H-pyrrole nitrogens is 2. The number of aromatic nitrogens is 9. The van der Waals surface area contributed by atoms with Crippen LogP contribution in [0.25, 0.3) is 72.1 Å². The molecule has 1 saturated heterocycles. The number of rotatable bonds is 11. The van der Waals surface area contributed by atoms with E-state index in [4.69, 9.17) is 9.47 Å². The fourth-order valence-corrected chi connectivity index (χ4v) is 11.2. The summed E-state index contributed by atoms with van der Waals surface area (Å²) in [5.74, 6) is -1.43. The monoisotopic (exact) mass is 1280 g/mol. The molecule has 9 aromatic rings. The smallest absolute Gasteiger partial charge is 0.381 e. The first-order valence-corrected chi connectivity index (χ1v) is 29.0. The summed E-state index contributed by atoms with van der Waals surface area (Å²) in [5.41, 5.74) is -8.86. The van der Waals surface area contributed by atoms with Crippen molar-refractivity contribution in [3.63, 3.8) is 0 Å². The number of benzene rings is 3. The molecule has 8 heterocycles. The Hall–Kier alpha value is -7.78. The molecule has 6 aromatic heterocycles. The van der Waals surface area contributed by atoms with Gasteiger partial charge < -0.3 is 23.6 Å². The first-order valence-electron chi connectivity index (χ1n) is 26.2. The van der Waals surface area contributed by atoms with Gasteiger partial charge in [0.15, 0.2) is 17.1 Å². The minimum Gasteiger partial charge on any atom is -0.381 e. The molecule has 0 bridgehead atoms. The molecular formula is C54H48F15N9O7S2. The van der Waals surface area contributed by atoms with Crippen molar-refractivity contribution in [3.05, 3.63) is 126 Å². The lowest BCUT2D eigenvalue weighted by Crippen LogP contribution is -2.33. The highest BCUT2D eigenvalue weighted by Crippen LogP contribution is 2.41. The summed E-state index contributed by atoms with van der Waals surface area (Å²) in [6, 6.07) is 20.8. The summed E-state index contributed by atoms with van der Waals surface area (Å²) in [7, 11) is -13.1. The minimum atomic E-state index is -6.60. The average molecular weight is 1280 g/mol. The van der Waals surface area contributed by atoms with Crippen molar-refractivity contribution in [3.8, 4) is 39.7 Å². The van der Waals surface area contributed by atoms with E-state index in [0.717, 1.165) is 94.5 Å². The molecule has 87 heavy (non-hydrogen) atoms. The summed E-state index contributed by atoms with van der Waals surface area (Å²) in [6.45, 7) is 8.45. The van der Waals surface area contributed by atoms with Gasteiger partial charge in [-0.1, -0.05) is 24.3 Å². The van der Waals surface area contributed by atoms with Crippen LogP contribution < -0.4 is 4.18 Å². The molecule has 2 N–H and O–H groups in total. The van der Waals surface area contributed by atoms with E-state index in [1.54, 1.807) is 13.8 Å². The van der Waals surface area contributed by atoms with E-state index < -0.39 is 87.5 Å². The molecule has 468 valence electrons. The van der Waals surface area contributed by atoms with Crippen LogP contribution in [-0.4, -0.2) is 97.6 Å². The highest BCUT2D eigenvalue weighted by atomic mass is 32.2. The van der Waals surface area contributed by atoms with Crippen LogP contribution in [0.15, 0.2) is 97.1 Å². The molecule has 3 aromatic carbocycles. The van der Waals surface area contributed by atoms with Crippen molar-refractivity contribution >= 4 is 58.4 Å². The quantitative estimate of drug-likeness (QED) is 0.0717. The van der Waals surface area contributed by atoms with Crippen LogP contribution in [0, 0.1) is 0 Å². The Morgan fingerprint density at radius 3 is 1.44 bits per heavy atom. The number of ether oxygens (including phenoxy) is 2. The maximum Gasteiger partial charge on any atom is 0.534 e. The highest BCUT2D eigenvalue weighted by molar-refractivity contribution is 7.91. The molecule has 0 amide bonds. The Kier molecular flexibility index (Phi) is 17.4. The third kappa shape index (κ3) is 13.4. The number of nitrogens with zero attached hydrogens (tertiary/aromatic N) is 7. The summed E-state index contributed by atoms with van der Waals surface area (Å²) in [4.78, 5) is 6.82. The third-order valence-electron chi connectivity index (χ3n) is 14.0. The Morgan fingerprint density at radius 1 is 0.540 bits per heavy atom. The third-order valence-corrected chi connectivity index (χ3v) is 16.4. The summed E-state index contributed by atoms with van der Waals surface area (Å²) in [6.07, 6.45) is -8.89. The standard InChI is InChI=1S/C19H20F3N3O.C19H18F3N3O.C16H10F9N3O5S2/c2*1-2-25-17(11-18(24-25)19(20,21)22)13-3-4-15-14(9-13)10-16(23-15)12-5-7-26-8-6-12;1-2-27-11(7-12(26-27)14(17,18)19)8-3-4-10-9(5-8)6-13(33-35(31,32)16(23,24)25)28(10)34(29,30)15(20,21)22/h3-4,9-12,23H,2,5-8H2,1H3;3-5,9-11,23H,2,6-8H2,1H3;3-7H,2H2,1H3. The summed E-state index contributed by atoms with van der Waals surface area (Å²) in [5, 5.41) is 12.1. The first-order chi connectivity index (χ1) is 40.6. The number of aryl methyl sites for hydroxylation is 3. The summed E-state index contributed by atoms with van der Waals surface area (Å²) >= 11 is 0. The average Bonchev–Trinajstić information content (AvgIpc) is 1.72. The fraction of sp³-hybridized carbons (Fsp3) is 0.352. The van der Waals surface area contributed by atoms with Gasteiger partial charge in [-0.25, -0.2) is 0 Å². The van der Waals surface area contributed by atoms with Crippen LogP contribution in [-0.2, 0) is 67.8 Å². The van der Waals surface area contributed by atoms with Crippen LogP contribution in [0.3, 0.4) is 0 Å². The first kappa shape index (κ1) is 63.7. The molecule has 33 heteroatoms. The number of nitrogens with one attached hydrogen (secondary N) is 2.